The number of nitrogens with zero attached hydrogens (tertiary/aromatic N) is 1. The van der Waals surface area contributed by atoms with Crippen LogP contribution in [0.25, 0.3) is 0 Å². The van der Waals surface area contributed by atoms with E-state index in [-0.39, 0.29) is 22.2 Å². The van der Waals surface area contributed by atoms with Crippen LogP contribution in [0.5, 0.6) is 0 Å². The number of hydrogen-bond donors (Lipinski definition) is 0. The van der Waals surface area contributed by atoms with E-state index < -0.39 is 6.43 Å². The Balaban J connectivity index is 3.30. The van der Waals surface area contributed by atoms with E-state index in [9.17, 15) is 8.78 Å². The quantitative estimate of drug-likeness (QED) is 0.745. The van der Waals surface area contributed by atoms with Crippen LogP contribution >= 0.6 is 39.1 Å². The van der Waals surface area contributed by atoms with Gasteiger partial charge in [0.1, 0.15) is 5.69 Å². The molecule has 0 aliphatic heterocycles. The van der Waals surface area contributed by atoms with Gasteiger partial charge in [0.25, 0.3) is 6.43 Å². The molecule has 1 rings (SSSR count). The van der Waals surface area contributed by atoms with Crippen LogP contribution in [0.3, 0.4) is 0 Å². The molecule has 1 aromatic heterocycles. The van der Waals surface area contributed by atoms with Gasteiger partial charge in [0.15, 0.2) is 0 Å². The minimum atomic E-state index is -2.65. The second-order valence-electron chi connectivity index (χ2n) is 2.22. The third-order valence-corrected chi connectivity index (χ3v) is 2.97. The van der Waals surface area contributed by atoms with Crippen LogP contribution in [0.1, 0.15) is 17.7 Å². The van der Waals surface area contributed by atoms with Crippen molar-refractivity contribution in [2.45, 2.75) is 12.3 Å². The van der Waals surface area contributed by atoms with E-state index in [0.717, 1.165) is 0 Å². The second kappa shape index (κ2) is 4.53. The Hall–Kier alpha value is 0.0700. The van der Waals surface area contributed by atoms with E-state index in [1.807, 2.05) is 0 Å². The first kappa shape index (κ1) is 11.1. The monoisotopic (exact) mass is 289 g/mol. The van der Waals surface area contributed by atoms with E-state index in [4.69, 9.17) is 23.2 Å². The molecule has 0 unspecified atom stereocenters. The van der Waals surface area contributed by atoms with Gasteiger partial charge in [-0.3, -0.25) is 4.98 Å². The third-order valence-electron chi connectivity index (χ3n) is 1.44. The number of aromatic nitrogens is 1. The van der Waals surface area contributed by atoms with Crippen molar-refractivity contribution < 1.29 is 8.78 Å². The van der Waals surface area contributed by atoms with Crippen molar-refractivity contribution in [3.63, 3.8) is 0 Å². The van der Waals surface area contributed by atoms with Crippen LogP contribution < -0.4 is 0 Å². The zero-order valence-corrected chi connectivity index (χ0v) is 9.30. The zero-order valence-electron chi connectivity index (χ0n) is 6.20. The van der Waals surface area contributed by atoms with Gasteiger partial charge in [0.05, 0.1) is 15.4 Å². The average molecular weight is 291 g/mol. The van der Waals surface area contributed by atoms with Crippen LogP contribution in [-0.4, -0.2) is 4.98 Å². The van der Waals surface area contributed by atoms with E-state index in [1.54, 1.807) is 0 Å². The maximum atomic E-state index is 12.3. The fraction of sp³-hybridized carbons (Fsp3) is 0.286. The van der Waals surface area contributed by atoms with Crippen LogP contribution in [0.4, 0.5) is 8.78 Å². The maximum Gasteiger partial charge on any atom is 0.280 e. The summed E-state index contributed by atoms with van der Waals surface area (Å²) in [5, 5.41) is 0.195. The molecule has 0 bridgehead atoms. The summed E-state index contributed by atoms with van der Waals surface area (Å²) < 4.78 is 25.1. The lowest BCUT2D eigenvalue weighted by molar-refractivity contribution is 0.145. The molecule has 0 radical (unpaired) electrons. The van der Waals surface area contributed by atoms with Crippen molar-refractivity contribution in [1.82, 2.24) is 4.98 Å². The number of hydrogen-bond acceptors (Lipinski definition) is 1. The topological polar surface area (TPSA) is 12.9 Å². The lowest BCUT2D eigenvalue weighted by atomic mass is 10.2. The summed E-state index contributed by atoms with van der Waals surface area (Å²) in [5.41, 5.74) is -0.184. The normalized spacial score (nSPS) is 10.9. The Labute approximate surface area is 92.2 Å². The molecule has 0 amide bonds. The molecule has 0 spiro atoms. The Kier molecular flexibility index (Phi) is 3.88. The van der Waals surface area contributed by atoms with Gasteiger partial charge in [-0.15, -0.1) is 11.6 Å². The van der Waals surface area contributed by atoms with Gasteiger partial charge in [-0.05, 0) is 15.9 Å². The van der Waals surface area contributed by atoms with Crippen LogP contribution in [0.2, 0.25) is 5.02 Å². The summed E-state index contributed by atoms with van der Waals surface area (Å²) in [5.74, 6) is -0.0784. The number of halogens is 5. The van der Waals surface area contributed by atoms with E-state index in [2.05, 4.69) is 20.9 Å². The summed E-state index contributed by atoms with van der Waals surface area (Å²) >= 11 is 14.3. The Morgan fingerprint density at radius 2 is 2.15 bits per heavy atom. The van der Waals surface area contributed by atoms with Crippen molar-refractivity contribution in [3.8, 4) is 0 Å². The zero-order chi connectivity index (χ0) is 10.0. The number of rotatable bonds is 2. The average Bonchev–Trinajstić information content (AvgIpc) is 2.09. The van der Waals surface area contributed by atoms with Crippen LogP contribution in [-0.2, 0) is 5.88 Å². The molecule has 72 valence electrons. The van der Waals surface area contributed by atoms with Crippen molar-refractivity contribution in [2.24, 2.45) is 0 Å². The predicted molar refractivity (Wildman–Crippen MR) is 51.5 cm³/mol. The van der Waals surface area contributed by atoms with Gasteiger partial charge < -0.3 is 0 Å². The van der Waals surface area contributed by atoms with Crippen LogP contribution in [0.15, 0.2) is 10.7 Å². The minimum absolute atomic E-state index is 0.0784. The summed E-state index contributed by atoms with van der Waals surface area (Å²) in [7, 11) is 0. The molecule has 0 saturated heterocycles. The summed E-state index contributed by atoms with van der Waals surface area (Å²) in [6.07, 6.45) is -1.42. The molecule has 0 aliphatic carbocycles. The molecule has 0 aliphatic rings. The summed E-state index contributed by atoms with van der Waals surface area (Å²) in [6, 6.07) is 0. The SMILES string of the molecule is FC(F)c1ncc(Br)c(Cl)c1CCl. The molecule has 1 nitrogen and oxygen atoms in total. The standard InChI is InChI=1S/C7H4BrCl2F2N/c8-4-2-13-6(7(11)12)3(1-9)5(4)10/h2,7H,1H2. The van der Waals surface area contributed by atoms with Crippen molar-refractivity contribution in [2.75, 3.05) is 0 Å². The first-order valence-corrected chi connectivity index (χ1v) is 4.95. The highest BCUT2D eigenvalue weighted by molar-refractivity contribution is 9.10. The maximum absolute atomic E-state index is 12.3. The molecule has 13 heavy (non-hydrogen) atoms. The van der Waals surface area contributed by atoms with Crippen LogP contribution in [0, 0.1) is 0 Å². The fourth-order valence-electron chi connectivity index (χ4n) is 0.833. The molecule has 0 aromatic carbocycles. The molecule has 0 fully saturated rings. The molecular formula is C7H4BrCl2F2N. The highest BCUT2D eigenvalue weighted by Gasteiger charge is 2.18. The Bertz CT molecular complexity index is 320. The lowest BCUT2D eigenvalue weighted by Gasteiger charge is -2.07. The smallest absolute Gasteiger partial charge is 0.254 e. The summed E-state index contributed by atoms with van der Waals surface area (Å²) in [4.78, 5) is 3.54. The van der Waals surface area contributed by atoms with E-state index in [1.165, 1.54) is 6.20 Å². The highest BCUT2D eigenvalue weighted by atomic mass is 79.9. The van der Waals surface area contributed by atoms with Gasteiger partial charge in [-0.25, -0.2) is 8.78 Å². The van der Waals surface area contributed by atoms with Crippen molar-refractivity contribution in [3.05, 3.63) is 26.9 Å². The second-order valence-corrected chi connectivity index (χ2v) is 3.72. The highest BCUT2D eigenvalue weighted by Crippen LogP contribution is 2.32. The Morgan fingerprint density at radius 1 is 1.54 bits per heavy atom. The molecule has 0 saturated carbocycles. The fourth-order valence-corrected chi connectivity index (χ4v) is 1.73. The van der Waals surface area contributed by atoms with Gasteiger partial charge in [-0.1, -0.05) is 11.6 Å². The number of alkyl halides is 3. The lowest BCUT2D eigenvalue weighted by Crippen LogP contribution is -1.97. The largest absolute Gasteiger partial charge is 0.280 e. The minimum Gasteiger partial charge on any atom is -0.254 e. The number of pyridine rings is 1. The Morgan fingerprint density at radius 3 is 2.62 bits per heavy atom. The van der Waals surface area contributed by atoms with Gasteiger partial charge in [-0.2, -0.15) is 0 Å². The molecule has 6 heteroatoms. The molecule has 0 N–H and O–H groups in total. The van der Waals surface area contributed by atoms with Crippen molar-refractivity contribution >= 4 is 39.1 Å². The first-order valence-electron chi connectivity index (χ1n) is 3.24. The molecule has 1 aromatic rings. The van der Waals surface area contributed by atoms with Gasteiger partial charge in [0, 0.05) is 11.8 Å². The van der Waals surface area contributed by atoms with E-state index in [0.29, 0.717) is 4.47 Å². The predicted octanol–water partition coefficient (Wildman–Crippen LogP) is 4.17. The first-order chi connectivity index (χ1) is 6.07. The van der Waals surface area contributed by atoms with Crippen molar-refractivity contribution in [1.29, 1.82) is 0 Å². The molecular weight excluding hydrogens is 287 g/mol. The van der Waals surface area contributed by atoms with E-state index >= 15 is 0 Å². The van der Waals surface area contributed by atoms with Gasteiger partial charge in [0.2, 0.25) is 0 Å². The van der Waals surface area contributed by atoms with Gasteiger partial charge >= 0.3 is 0 Å². The molecule has 1 heterocycles. The summed E-state index contributed by atoms with van der Waals surface area (Å²) in [6.45, 7) is 0. The molecule has 0 atom stereocenters. The third kappa shape index (κ3) is 2.30.